The highest BCUT2D eigenvalue weighted by Gasteiger charge is 2.28. The number of hydrogen-bond donors (Lipinski definition) is 1. The van der Waals surface area contributed by atoms with Gasteiger partial charge in [-0.15, -0.1) is 0 Å². The summed E-state index contributed by atoms with van der Waals surface area (Å²) in [6.07, 6.45) is 2.87. The molecule has 1 N–H and O–H groups in total. The Bertz CT molecular complexity index is 451. The monoisotopic (exact) mass is 184 g/mol. The van der Waals surface area contributed by atoms with E-state index < -0.39 is 6.10 Å². The van der Waals surface area contributed by atoms with E-state index in [9.17, 15) is 5.11 Å². The Morgan fingerprint density at radius 1 is 0.929 bits per heavy atom. The van der Waals surface area contributed by atoms with Gasteiger partial charge in [0.25, 0.3) is 0 Å². The van der Waals surface area contributed by atoms with E-state index in [0.717, 1.165) is 22.5 Å². The quantitative estimate of drug-likeness (QED) is 0.675. The molecule has 2 aromatic heterocycles. The van der Waals surface area contributed by atoms with Gasteiger partial charge >= 0.3 is 0 Å². The second kappa shape index (κ2) is 2.62. The van der Waals surface area contributed by atoms with Gasteiger partial charge in [0.05, 0.1) is 11.4 Å². The molecule has 0 unspecified atom stereocenters. The first-order chi connectivity index (χ1) is 6.88. The van der Waals surface area contributed by atoms with Crippen LogP contribution in [0.4, 0.5) is 0 Å². The Balaban J connectivity index is 2.36. The summed E-state index contributed by atoms with van der Waals surface area (Å²) in [6.45, 7) is 0. The predicted octanol–water partition coefficient (Wildman–Crippen LogP) is 1.54. The van der Waals surface area contributed by atoms with Gasteiger partial charge in [0.1, 0.15) is 6.10 Å². The molecule has 2 heterocycles. The minimum atomic E-state index is -0.567. The summed E-state index contributed by atoms with van der Waals surface area (Å²) in [7, 11) is 0. The lowest BCUT2D eigenvalue weighted by atomic mass is 10.1. The highest BCUT2D eigenvalue weighted by Crippen LogP contribution is 2.39. The molecule has 3 heteroatoms. The van der Waals surface area contributed by atoms with Gasteiger partial charge in [0, 0.05) is 23.5 Å². The molecule has 0 saturated carbocycles. The molecular formula is C11H8N2O. The maximum atomic E-state index is 9.95. The summed E-state index contributed by atoms with van der Waals surface area (Å²) in [5.41, 5.74) is 3.30. The van der Waals surface area contributed by atoms with Crippen LogP contribution in [0.2, 0.25) is 0 Å². The Morgan fingerprint density at radius 3 is 1.93 bits per heavy atom. The first kappa shape index (κ1) is 7.64. The molecule has 0 amide bonds. The minimum Gasteiger partial charge on any atom is -0.383 e. The molecule has 0 aromatic carbocycles. The van der Waals surface area contributed by atoms with Gasteiger partial charge in [-0.25, -0.2) is 0 Å². The molecule has 1 aliphatic carbocycles. The van der Waals surface area contributed by atoms with Gasteiger partial charge in [-0.05, 0) is 12.1 Å². The maximum absolute atomic E-state index is 9.95. The number of fused-ring (bicyclic) bond motifs is 3. The van der Waals surface area contributed by atoms with Crippen molar-refractivity contribution in [1.82, 2.24) is 9.97 Å². The zero-order valence-electron chi connectivity index (χ0n) is 7.38. The second-order valence-electron chi connectivity index (χ2n) is 3.29. The molecule has 0 spiro atoms. The highest BCUT2D eigenvalue weighted by molar-refractivity contribution is 5.70. The lowest BCUT2D eigenvalue weighted by molar-refractivity contribution is 0.225. The van der Waals surface area contributed by atoms with E-state index in [-0.39, 0.29) is 0 Å². The fraction of sp³-hybridized carbons (Fsp3) is 0.0909. The standard InChI is InChI=1S/C11H8N2O/c14-11-7-3-1-5-12-9(7)10-8(11)4-2-6-13-10/h1-6,11,14H. The third-order valence-electron chi connectivity index (χ3n) is 2.49. The summed E-state index contributed by atoms with van der Waals surface area (Å²) in [5, 5.41) is 9.95. The van der Waals surface area contributed by atoms with Crippen molar-refractivity contribution in [3.05, 3.63) is 47.8 Å². The van der Waals surface area contributed by atoms with Crippen molar-refractivity contribution >= 4 is 0 Å². The van der Waals surface area contributed by atoms with E-state index in [1.54, 1.807) is 12.4 Å². The van der Waals surface area contributed by atoms with Gasteiger partial charge in [-0.3, -0.25) is 9.97 Å². The lowest BCUT2D eigenvalue weighted by Crippen LogP contribution is -1.93. The van der Waals surface area contributed by atoms with Crippen LogP contribution < -0.4 is 0 Å². The van der Waals surface area contributed by atoms with Crippen molar-refractivity contribution < 1.29 is 5.11 Å². The molecule has 0 aliphatic heterocycles. The van der Waals surface area contributed by atoms with Crippen molar-refractivity contribution in [1.29, 1.82) is 0 Å². The molecule has 0 fully saturated rings. The summed E-state index contributed by atoms with van der Waals surface area (Å²) < 4.78 is 0. The molecule has 68 valence electrons. The third kappa shape index (κ3) is 0.845. The van der Waals surface area contributed by atoms with Gasteiger partial charge in [0.2, 0.25) is 0 Å². The van der Waals surface area contributed by atoms with E-state index in [0.29, 0.717) is 0 Å². The Kier molecular flexibility index (Phi) is 1.43. The smallest absolute Gasteiger partial charge is 0.108 e. The predicted molar refractivity (Wildman–Crippen MR) is 51.5 cm³/mol. The molecule has 3 rings (SSSR count). The first-order valence-electron chi connectivity index (χ1n) is 4.46. The SMILES string of the molecule is OC1c2cccnc2-c2ncccc21. The zero-order chi connectivity index (χ0) is 9.54. The van der Waals surface area contributed by atoms with Crippen LogP contribution in [0.25, 0.3) is 11.4 Å². The summed E-state index contributed by atoms with van der Waals surface area (Å²) in [6, 6.07) is 7.42. The summed E-state index contributed by atoms with van der Waals surface area (Å²) in [4.78, 5) is 8.46. The van der Waals surface area contributed by atoms with Gasteiger partial charge < -0.3 is 5.11 Å². The molecule has 0 bridgehead atoms. The number of aliphatic hydroxyl groups excluding tert-OH is 1. The Labute approximate surface area is 81.1 Å². The van der Waals surface area contributed by atoms with Crippen LogP contribution in [0, 0.1) is 0 Å². The number of aliphatic hydroxyl groups is 1. The van der Waals surface area contributed by atoms with Gasteiger partial charge in [-0.1, -0.05) is 12.1 Å². The third-order valence-corrected chi connectivity index (χ3v) is 2.49. The van der Waals surface area contributed by atoms with Gasteiger partial charge in [0.15, 0.2) is 0 Å². The van der Waals surface area contributed by atoms with Crippen molar-refractivity contribution in [3.63, 3.8) is 0 Å². The molecule has 2 aromatic rings. The number of aromatic nitrogens is 2. The van der Waals surface area contributed by atoms with E-state index in [1.165, 1.54) is 0 Å². The molecule has 0 atom stereocenters. The molecular weight excluding hydrogens is 176 g/mol. The van der Waals surface area contributed by atoms with Crippen molar-refractivity contribution in [2.24, 2.45) is 0 Å². The van der Waals surface area contributed by atoms with Crippen LogP contribution in [0.1, 0.15) is 17.2 Å². The molecule has 1 aliphatic rings. The Morgan fingerprint density at radius 2 is 1.43 bits per heavy atom. The van der Waals surface area contributed by atoms with E-state index in [4.69, 9.17) is 0 Å². The topological polar surface area (TPSA) is 46.0 Å². The van der Waals surface area contributed by atoms with E-state index >= 15 is 0 Å². The second-order valence-corrected chi connectivity index (χ2v) is 3.29. The van der Waals surface area contributed by atoms with Gasteiger partial charge in [-0.2, -0.15) is 0 Å². The summed E-state index contributed by atoms with van der Waals surface area (Å²) in [5.74, 6) is 0. The van der Waals surface area contributed by atoms with Crippen molar-refractivity contribution in [3.8, 4) is 11.4 Å². The minimum absolute atomic E-state index is 0.567. The van der Waals surface area contributed by atoms with Crippen LogP contribution >= 0.6 is 0 Å². The maximum Gasteiger partial charge on any atom is 0.108 e. The van der Waals surface area contributed by atoms with Crippen molar-refractivity contribution in [2.45, 2.75) is 6.10 Å². The molecule has 3 nitrogen and oxygen atoms in total. The normalized spacial score (nSPS) is 13.8. The highest BCUT2D eigenvalue weighted by atomic mass is 16.3. The number of pyridine rings is 2. The zero-order valence-corrected chi connectivity index (χ0v) is 7.38. The fourth-order valence-corrected chi connectivity index (χ4v) is 1.84. The van der Waals surface area contributed by atoms with Crippen LogP contribution in [-0.4, -0.2) is 15.1 Å². The first-order valence-corrected chi connectivity index (χ1v) is 4.46. The largest absolute Gasteiger partial charge is 0.383 e. The van der Waals surface area contributed by atoms with Crippen LogP contribution in [0.5, 0.6) is 0 Å². The average Bonchev–Trinajstić information content (AvgIpc) is 2.55. The van der Waals surface area contributed by atoms with Crippen LogP contribution in [-0.2, 0) is 0 Å². The van der Waals surface area contributed by atoms with Crippen molar-refractivity contribution in [2.75, 3.05) is 0 Å². The molecule has 14 heavy (non-hydrogen) atoms. The lowest BCUT2D eigenvalue weighted by Gasteiger charge is -2.02. The molecule has 0 radical (unpaired) electrons. The van der Waals surface area contributed by atoms with E-state index in [1.807, 2.05) is 24.3 Å². The number of hydrogen-bond acceptors (Lipinski definition) is 3. The van der Waals surface area contributed by atoms with Crippen LogP contribution in [0.3, 0.4) is 0 Å². The van der Waals surface area contributed by atoms with E-state index in [2.05, 4.69) is 9.97 Å². The molecule has 0 saturated heterocycles. The average molecular weight is 184 g/mol. The number of rotatable bonds is 0. The summed E-state index contributed by atoms with van der Waals surface area (Å²) >= 11 is 0. The Hall–Kier alpha value is -1.74. The number of nitrogens with zero attached hydrogens (tertiary/aromatic N) is 2. The fourth-order valence-electron chi connectivity index (χ4n) is 1.84. The van der Waals surface area contributed by atoms with Crippen LogP contribution in [0.15, 0.2) is 36.7 Å².